The maximum atomic E-state index is 12.1. The molecule has 2 heterocycles. The van der Waals surface area contributed by atoms with Gasteiger partial charge in [-0.05, 0) is 42.5 Å². The molecule has 1 aromatic carbocycles. The van der Waals surface area contributed by atoms with E-state index in [0.29, 0.717) is 41.0 Å². The summed E-state index contributed by atoms with van der Waals surface area (Å²) < 4.78 is 5.23. The van der Waals surface area contributed by atoms with E-state index in [9.17, 15) is 4.79 Å². The van der Waals surface area contributed by atoms with E-state index in [4.69, 9.17) is 27.7 Å². The molecule has 3 rings (SSSR count). The first-order chi connectivity index (χ1) is 12.5. The van der Waals surface area contributed by atoms with E-state index in [0.717, 1.165) is 10.4 Å². The highest BCUT2D eigenvalue weighted by Gasteiger charge is 2.14. The fourth-order valence-corrected chi connectivity index (χ4v) is 3.73. The average Bonchev–Trinajstić information content (AvgIpc) is 3.25. The van der Waals surface area contributed by atoms with Gasteiger partial charge in [0.2, 0.25) is 17.6 Å². The molecule has 3 aromatic rings. The molecule has 136 valence electrons. The lowest BCUT2D eigenvalue weighted by Gasteiger charge is -2.15. The van der Waals surface area contributed by atoms with Crippen molar-refractivity contribution < 1.29 is 9.32 Å². The molecule has 1 atom stereocenters. The minimum Gasteiger partial charge on any atom is -0.350 e. The largest absolute Gasteiger partial charge is 0.350 e. The first-order valence-electron chi connectivity index (χ1n) is 8.13. The van der Waals surface area contributed by atoms with Gasteiger partial charge in [-0.15, -0.1) is 11.3 Å². The number of amides is 1. The first-order valence-corrected chi connectivity index (χ1v) is 9.77. The SMILES string of the molecule is CC(NC(=O)CCCc1nc(-c2cccs2)no1)c1ccc(Cl)cc1Cl. The third-order valence-corrected chi connectivity index (χ3v) is 5.24. The summed E-state index contributed by atoms with van der Waals surface area (Å²) in [5, 5.41) is 9.97. The Morgan fingerprint density at radius 2 is 2.19 bits per heavy atom. The number of nitrogens with zero attached hydrogens (tertiary/aromatic N) is 2. The summed E-state index contributed by atoms with van der Waals surface area (Å²) in [5.41, 5.74) is 0.835. The molecular formula is C18H17Cl2N3O2S. The molecule has 0 aliphatic carbocycles. The van der Waals surface area contributed by atoms with Crippen LogP contribution in [0.5, 0.6) is 0 Å². The van der Waals surface area contributed by atoms with Gasteiger partial charge in [-0.2, -0.15) is 4.98 Å². The number of hydrogen-bond acceptors (Lipinski definition) is 5. The van der Waals surface area contributed by atoms with Crippen LogP contribution in [0.2, 0.25) is 10.0 Å². The molecule has 0 fully saturated rings. The molecule has 0 aliphatic heterocycles. The molecule has 0 spiro atoms. The lowest BCUT2D eigenvalue weighted by molar-refractivity contribution is -0.121. The number of benzene rings is 1. The number of carbonyl (C=O) groups excluding carboxylic acids is 1. The molecule has 2 aromatic heterocycles. The van der Waals surface area contributed by atoms with Crippen molar-refractivity contribution in [1.29, 1.82) is 0 Å². The molecule has 0 radical (unpaired) electrons. The van der Waals surface area contributed by atoms with Gasteiger partial charge < -0.3 is 9.84 Å². The van der Waals surface area contributed by atoms with Gasteiger partial charge in [-0.1, -0.05) is 40.5 Å². The summed E-state index contributed by atoms with van der Waals surface area (Å²) in [6, 6.07) is 8.93. The minimum atomic E-state index is -0.193. The highest BCUT2D eigenvalue weighted by atomic mass is 35.5. The predicted molar refractivity (Wildman–Crippen MR) is 104 cm³/mol. The summed E-state index contributed by atoms with van der Waals surface area (Å²) in [6.07, 6.45) is 1.55. The van der Waals surface area contributed by atoms with Crippen molar-refractivity contribution in [1.82, 2.24) is 15.5 Å². The van der Waals surface area contributed by atoms with Crippen LogP contribution in [-0.2, 0) is 11.2 Å². The number of halogens is 2. The van der Waals surface area contributed by atoms with Crippen LogP contribution in [0.15, 0.2) is 40.2 Å². The van der Waals surface area contributed by atoms with Crippen LogP contribution < -0.4 is 5.32 Å². The van der Waals surface area contributed by atoms with E-state index < -0.39 is 0 Å². The molecule has 26 heavy (non-hydrogen) atoms. The Labute approximate surface area is 165 Å². The Kier molecular flexibility index (Phi) is 6.29. The van der Waals surface area contributed by atoms with Crippen LogP contribution in [-0.4, -0.2) is 16.0 Å². The number of thiophene rings is 1. The van der Waals surface area contributed by atoms with Crippen LogP contribution in [0.1, 0.15) is 37.3 Å². The van der Waals surface area contributed by atoms with Gasteiger partial charge in [0.25, 0.3) is 0 Å². The van der Waals surface area contributed by atoms with Crippen LogP contribution >= 0.6 is 34.5 Å². The minimum absolute atomic E-state index is 0.0542. The molecule has 1 N–H and O–H groups in total. The Hall–Kier alpha value is -1.89. The average molecular weight is 410 g/mol. The number of rotatable bonds is 7. The Balaban J connectivity index is 1.47. The van der Waals surface area contributed by atoms with Gasteiger partial charge in [-0.25, -0.2) is 0 Å². The van der Waals surface area contributed by atoms with E-state index in [1.54, 1.807) is 23.5 Å². The smallest absolute Gasteiger partial charge is 0.226 e. The predicted octanol–water partition coefficient (Wildman–Crippen LogP) is 5.31. The van der Waals surface area contributed by atoms with Crippen LogP contribution in [0.4, 0.5) is 0 Å². The zero-order valence-corrected chi connectivity index (χ0v) is 16.4. The lowest BCUT2D eigenvalue weighted by atomic mass is 10.1. The van der Waals surface area contributed by atoms with E-state index >= 15 is 0 Å². The molecule has 0 aliphatic rings. The second-order valence-electron chi connectivity index (χ2n) is 5.80. The fraction of sp³-hybridized carbons (Fsp3) is 0.278. The number of carbonyl (C=O) groups is 1. The van der Waals surface area contributed by atoms with E-state index in [1.165, 1.54) is 0 Å². The van der Waals surface area contributed by atoms with Crippen LogP contribution in [0.3, 0.4) is 0 Å². The van der Waals surface area contributed by atoms with Gasteiger partial charge in [0, 0.05) is 22.9 Å². The van der Waals surface area contributed by atoms with Crippen molar-refractivity contribution in [2.45, 2.75) is 32.2 Å². The second-order valence-corrected chi connectivity index (χ2v) is 7.59. The van der Waals surface area contributed by atoms with E-state index in [2.05, 4.69) is 15.5 Å². The van der Waals surface area contributed by atoms with Crippen molar-refractivity contribution in [2.24, 2.45) is 0 Å². The Morgan fingerprint density at radius 3 is 2.92 bits per heavy atom. The summed E-state index contributed by atoms with van der Waals surface area (Å²) in [4.78, 5) is 17.5. The quantitative estimate of drug-likeness (QED) is 0.574. The van der Waals surface area contributed by atoms with Gasteiger partial charge >= 0.3 is 0 Å². The number of aromatic nitrogens is 2. The Morgan fingerprint density at radius 1 is 1.35 bits per heavy atom. The topological polar surface area (TPSA) is 68.0 Å². The number of hydrogen-bond donors (Lipinski definition) is 1. The summed E-state index contributed by atoms with van der Waals surface area (Å²) >= 11 is 13.6. The van der Waals surface area contributed by atoms with Crippen molar-refractivity contribution in [2.75, 3.05) is 0 Å². The highest BCUT2D eigenvalue weighted by molar-refractivity contribution is 7.13. The summed E-state index contributed by atoms with van der Waals surface area (Å²) in [5.74, 6) is 1.07. The van der Waals surface area contributed by atoms with Crippen molar-refractivity contribution in [3.05, 3.63) is 57.2 Å². The van der Waals surface area contributed by atoms with E-state index in [-0.39, 0.29) is 11.9 Å². The van der Waals surface area contributed by atoms with Gasteiger partial charge in [0.05, 0.1) is 10.9 Å². The zero-order valence-electron chi connectivity index (χ0n) is 14.0. The highest BCUT2D eigenvalue weighted by Crippen LogP contribution is 2.26. The summed E-state index contributed by atoms with van der Waals surface area (Å²) in [7, 11) is 0. The number of nitrogens with one attached hydrogen (secondary N) is 1. The molecular weight excluding hydrogens is 393 g/mol. The van der Waals surface area contributed by atoms with Crippen LogP contribution in [0, 0.1) is 0 Å². The maximum Gasteiger partial charge on any atom is 0.226 e. The molecule has 1 amide bonds. The maximum absolute atomic E-state index is 12.1. The molecule has 8 heteroatoms. The zero-order chi connectivity index (χ0) is 18.5. The molecule has 0 bridgehead atoms. The van der Waals surface area contributed by atoms with Crippen molar-refractivity contribution in [3.63, 3.8) is 0 Å². The molecule has 1 unspecified atom stereocenters. The molecule has 5 nitrogen and oxygen atoms in total. The third kappa shape index (κ3) is 4.84. The van der Waals surface area contributed by atoms with Gasteiger partial charge in [-0.3, -0.25) is 4.79 Å². The molecule has 0 saturated carbocycles. The first kappa shape index (κ1) is 18.9. The van der Waals surface area contributed by atoms with Crippen LogP contribution in [0.25, 0.3) is 10.7 Å². The Bertz CT molecular complexity index is 880. The number of aryl methyl sites for hydroxylation is 1. The standard InChI is InChI=1S/C18H17Cl2N3O2S/c1-11(13-8-7-12(19)10-14(13)20)21-16(24)5-2-6-17-22-18(23-25-17)15-4-3-9-26-15/h3-4,7-11H,2,5-6H2,1H3,(H,21,24). The van der Waals surface area contributed by atoms with E-state index in [1.807, 2.05) is 30.5 Å². The van der Waals surface area contributed by atoms with Gasteiger partial charge in [0.1, 0.15) is 0 Å². The monoisotopic (exact) mass is 409 g/mol. The lowest BCUT2D eigenvalue weighted by Crippen LogP contribution is -2.26. The van der Waals surface area contributed by atoms with Crippen molar-refractivity contribution >= 4 is 40.4 Å². The normalized spacial score (nSPS) is 12.1. The third-order valence-electron chi connectivity index (χ3n) is 3.81. The molecule has 0 saturated heterocycles. The second kappa shape index (κ2) is 8.66. The van der Waals surface area contributed by atoms with Crippen molar-refractivity contribution in [3.8, 4) is 10.7 Å². The van der Waals surface area contributed by atoms with Gasteiger partial charge in [0.15, 0.2) is 0 Å². The fourth-order valence-electron chi connectivity index (χ4n) is 2.51. The summed E-state index contributed by atoms with van der Waals surface area (Å²) in [6.45, 7) is 1.89.